The molecule has 0 radical (unpaired) electrons. The number of anilines is 1. The molecule has 2 aromatic carbocycles. The number of aryl methyl sites for hydroxylation is 2. The first kappa shape index (κ1) is 20.2. The number of carbonyl (C=O) groups excluding carboxylic acids is 1. The molecule has 0 atom stereocenters. The van der Waals surface area contributed by atoms with Crippen LogP contribution in [0.25, 0.3) is 16.6 Å². The highest BCUT2D eigenvalue weighted by molar-refractivity contribution is 6.09. The van der Waals surface area contributed by atoms with Crippen molar-refractivity contribution in [3.63, 3.8) is 0 Å². The third-order valence-corrected chi connectivity index (χ3v) is 7.05. The monoisotopic (exact) mass is 442 g/mol. The molecule has 4 heterocycles. The Kier molecular flexibility index (Phi) is 4.62. The Hall–Kier alpha value is -3.45. The number of fused-ring (bicyclic) bond motifs is 4. The van der Waals surface area contributed by atoms with Crippen molar-refractivity contribution >= 4 is 28.1 Å². The van der Waals surface area contributed by atoms with E-state index in [1.807, 2.05) is 40.5 Å². The zero-order chi connectivity index (χ0) is 22.7. The Morgan fingerprint density at radius 2 is 1.94 bits per heavy atom. The molecule has 4 aromatic rings. The van der Waals surface area contributed by atoms with Crippen molar-refractivity contribution in [3.8, 4) is 0 Å². The number of amides is 1. The first-order valence-corrected chi connectivity index (χ1v) is 11.5. The summed E-state index contributed by atoms with van der Waals surface area (Å²) in [6, 6.07) is 10.1. The van der Waals surface area contributed by atoms with E-state index in [2.05, 4.69) is 23.0 Å². The van der Waals surface area contributed by atoms with Crippen molar-refractivity contribution in [2.75, 3.05) is 24.7 Å². The topological polar surface area (TPSA) is 79.7 Å². The summed E-state index contributed by atoms with van der Waals surface area (Å²) >= 11 is 0. The second-order valence-electron chi connectivity index (χ2n) is 9.20. The number of ether oxygens (including phenoxy) is 1. The number of hydrogen-bond acceptors (Lipinski definition) is 4. The van der Waals surface area contributed by atoms with Gasteiger partial charge in [0.25, 0.3) is 11.5 Å². The predicted molar refractivity (Wildman–Crippen MR) is 127 cm³/mol. The van der Waals surface area contributed by atoms with Gasteiger partial charge in [-0.25, -0.2) is 4.98 Å². The summed E-state index contributed by atoms with van der Waals surface area (Å²) in [7, 11) is 0. The van der Waals surface area contributed by atoms with Crippen molar-refractivity contribution in [1.82, 2.24) is 14.4 Å². The van der Waals surface area contributed by atoms with Gasteiger partial charge in [-0.3, -0.25) is 14.0 Å². The summed E-state index contributed by atoms with van der Waals surface area (Å²) in [4.78, 5) is 35.9. The number of carbonyl (C=O) groups is 1. The van der Waals surface area contributed by atoms with Crippen LogP contribution < -0.4 is 10.5 Å². The lowest BCUT2D eigenvalue weighted by molar-refractivity contribution is 0.0835. The third kappa shape index (κ3) is 3.18. The van der Waals surface area contributed by atoms with Gasteiger partial charge in [-0.1, -0.05) is 17.7 Å². The Morgan fingerprint density at radius 3 is 2.76 bits per heavy atom. The van der Waals surface area contributed by atoms with Gasteiger partial charge >= 0.3 is 0 Å². The lowest BCUT2D eigenvalue weighted by Gasteiger charge is -2.22. The molecular formula is C26H26N4O3. The zero-order valence-electron chi connectivity index (χ0n) is 18.9. The van der Waals surface area contributed by atoms with E-state index in [9.17, 15) is 9.59 Å². The van der Waals surface area contributed by atoms with Gasteiger partial charge in [-0.15, -0.1) is 0 Å². The first-order chi connectivity index (χ1) is 16.0. The lowest BCUT2D eigenvalue weighted by Crippen LogP contribution is -2.29. The van der Waals surface area contributed by atoms with Crippen LogP contribution in [-0.2, 0) is 11.2 Å². The molecule has 6 rings (SSSR count). The average Bonchev–Trinajstić information content (AvgIpc) is 3.44. The summed E-state index contributed by atoms with van der Waals surface area (Å²) in [5.41, 5.74) is 6.73. The van der Waals surface area contributed by atoms with Gasteiger partial charge in [0.15, 0.2) is 0 Å². The molecule has 33 heavy (non-hydrogen) atoms. The van der Waals surface area contributed by atoms with Crippen molar-refractivity contribution < 1.29 is 9.53 Å². The number of nitrogens with zero attached hydrogens (tertiary/aromatic N) is 3. The number of rotatable bonds is 2. The van der Waals surface area contributed by atoms with Gasteiger partial charge in [-0.05, 0) is 62.4 Å². The number of aromatic nitrogens is 3. The van der Waals surface area contributed by atoms with Crippen LogP contribution in [0.5, 0.6) is 0 Å². The van der Waals surface area contributed by atoms with Crippen LogP contribution in [0.15, 0.2) is 41.3 Å². The number of benzene rings is 2. The van der Waals surface area contributed by atoms with Crippen molar-refractivity contribution in [2.45, 2.75) is 39.0 Å². The molecule has 1 N–H and O–H groups in total. The highest BCUT2D eigenvalue weighted by atomic mass is 16.5. The summed E-state index contributed by atoms with van der Waals surface area (Å²) in [5.74, 6) is 1.11. The maximum absolute atomic E-state index is 13.6. The number of nitrogens with one attached hydrogen (secondary N) is 1. The molecular weight excluding hydrogens is 416 g/mol. The molecule has 2 aromatic heterocycles. The lowest BCUT2D eigenvalue weighted by atomic mass is 9.99. The molecule has 0 spiro atoms. The molecule has 1 fully saturated rings. The highest BCUT2D eigenvalue weighted by Gasteiger charge is 2.28. The fourth-order valence-electron chi connectivity index (χ4n) is 5.30. The van der Waals surface area contributed by atoms with Gasteiger partial charge in [0, 0.05) is 36.9 Å². The van der Waals surface area contributed by atoms with Crippen LogP contribution >= 0.6 is 0 Å². The van der Waals surface area contributed by atoms with Gasteiger partial charge in [0.05, 0.1) is 17.2 Å². The fourth-order valence-corrected chi connectivity index (χ4v) is 5.30. The van der Waals surface area contributed by atoms with E-state index in [-0.39, 0.29) is 17.4 Å². The molecule has 2 aliphatic rings. The highest BCUT2D eigenvalue weighted by Crippen LogP contribution is 2.32. The van der Waals surface area contributed by atoms with Crippen molar-refractivity contribution in [2.24, 2.45) is 0 Å². The normalized spacial score (nSPS) is 16.6. The Labute approximate surface area is 191 Å². The van der Waals surface area contributed by atoms with Crippen molar-refractivity contribution in [3.05, 3.63) is 75.0 Å². The van der Waals surface area contributed by atoms with E-state index in [1.54, 1.807) is 6.20 Å². The second-order valence-corrected chi connectivity index (χ2v) is 9.20. The van der Waals surface area contributed by atoms with Crippen LogP contribution in [0.1, 0.15) is 51.6 Å². The van der Waals surface area contributed by atoms with Crippen molar-refractivity contribution in [1.29, 1.82) is 0 Å². The Bertz CT molecular complexity index is 1480. The van der Waals surface area contributed by atoms with E-state index in [4.69, 9.17) is 4.74 Å². The largest absolute Gasteiger partial charge is 0.381 e. The molecule has 0 bridgehead atoms. The van der Waals surface area contributed by atoms with Gasteiger partial charge < -0.3 is 14.6 Å². The second kappa shape index (κ2) is 7.56. The molecule has 0 aliphatic carbocycles. The van der Waals surface area contributed by atoms with E-state index >= 15 is 0 Å². The maximum atomic E-state index is 13.6. The Balaban J connectivity index is 1.48. The molecule has 7 heteroatoms. The van der Waals surface area contributed by atoms with Crippen LogP contribution in [0.4, 0.5) is 5.69 Å². The van der Waals surface area contributed by atoms with Crippen LogP contribution in [0.3, 0.4) is 0 Å². The Morgan fingerprint density at radius 1 is 1.12 bits per heavy atom. The molecule has 1 saturated heterocycles. The number of H-pyrrole nitrogens is 1. The molecule has 168 valence electrons. The summed E-state index contributed by atoms with van der Waals surface area (Å²) in [6.45, 7) is 6.10. The molecule has 1 amide bonds. The quantitative estimate of drug-likeness (QED) is 0.511. The summed E-state index contributed by atoms with van der Waals surface area (Å²) in [5, 5.41) is 0. The van der Waals surface area contributed by atoms with Gasteiger partial charge in [-0.2, -0.15) is 0 Å². The smallest absolute Gasteiger partial charge is 0.274 e. The van der Waals surface area contributed by atoms with E-state index in [0.29, 0.717) is 36.4 Å². The summed E-state index contributed by atoms with van der Waals surface area (Å²) < 4.78 is 7.49. The maximum Gasteiger partial charge on any atom is 0.274 e. The van der Waals surface area contributed by atoms with Gasteiger partial charge in [0.1, 0.15) is 11.3 Å². The van der Waals surface area contributed by atoms with Crippen LogP contribution in [0, 0.1) is 13.8 Å². The van der Waals surface area contributed by atoms with E-state index in [0.717, 1.165) is 41.9 Å². The number of hydrogen-bond donors (Lipinski definition) is 1. The predicted octanol–water partition coefficient (Wildman–Crippen LogP) is 3.89. The first-order valence-electron chi connectivity index (χ1n) is 11.5. The number of aromatic amines is 1. The molecule has 7 nitrogen and oxygen atoms in total. The molecule has 2 aliphatic heterocycles. The standard InChI is InChI=1S/C26H26N4O3/c1-15-3-4-21-18(11-15)5-8-29(21)26(32)19-13-20-22(12-16(19)2)30-23(25(31)28-20)14-27-24(30)17-6-9-33-10-7-17/h3-4,11-14,17H,5-10H2,1-2H3,(H,28,31). The summed E-state index contributed by atoms with van der Waals surface area (Å²) in [6.07, 6.45) is 4.28. The SMILES string of the molecule is Cc1ccc2c(c1)CCN2C(=O)c1cc2[nH]c(=O)c3cnc(C4CCOCC4)n3c2cc1C. The third-order valence-electron chi connectivity index (χ3n) is 7.05. The van der Waals surface area contributed by atoms with E-state index < -0.39 is 0 Å². The van der Waals surface area contributed by atoms with Gasteiger partial charge in [0.2, 0.25) is 0 Å². The minimum Gasteiger partial charge on any atom is -0.381 e. The van der Waals surface area contributed by atoms with Crippen LogP contribution in [0.2, 0.25) is 0 Å². The van der Waals surface area contributed by atoms with Crippen LogP contribution in [-0.4, -0.2) is 40.0 Å². The molecule has 0 unspecified atom stereocenters. The van der Waals surface area contributed by atoms with E-state index in [1.165, 1.54) is 11.1 Å². The zero-order valence-corrected chi connectivity index (χ0v) is 18.9. The number of imidazole rings is 1. The minimum absolute atomic E-state index is 0.0340. The fraction of sp³-hybridized carbons (Fsp3) is 0.346. The minimum atomic E-state index is -0.197. The average molecular weight is 443 g/mol. The molecule has 0 saturated carbocycles.